The van der Waals surface area contributed by atoms with E-state index >= 15 is 0 Å². The third kappa shape index (κ3) is 3.73. The van der Waals surface area contributed by atoms with Crippen LogP contribution in [0.2, 0.25) is 0 Å². The maximum atomic E-state index is 10.8. The van der Waals surface area contributed by atoms with Gasteiger partial charge in [0.25, 0.3) is 0 Å². The van der Waals surface area contributed by atoms with E-state index in [0.29, 0.717) is 18.1 Å². The van der Waals surface area contributed by atoms with Gasteiger partial charge in [-0.15, -0.1) is 0 Å². The van der Waals surface area contributed by atoms with Crippen molar-refractivity contribution in [3.8, 4) is 34.3 Å². The molecule has 9 nitrogen and oxygen atoms in total. The van der Waals surface area contributed by atoms with E-state index in [1.54, 1.807) is 4.57 Å². The molecule has 0 radical (unpaired) electrons. The zero-order chi connectivity index (χ0) is 21.4. The maximum absolute atomic E-state index is 10.8. The minimum atomic E-state index is -0.660. The van der Waals surface area contributed by atoms with Gasteiger partial charge >= 0.3 is 11.8 Å². The third-order valence-electron chi connectivity index (χ3n) is 5.02. The minimum absolute atomic E-state index is 0.225. The van der Waals surface area contributed by atoms with E-state index in [1.807, 2.05) is 67.6 Å². The highest BCUT2D eigenvalue weighted by Gasteiger charge is 2.41. The van der Waals surface area contributed by atoms with E-state index in [-0.39, 0.29) is 18.4 Å². The first kappa shape index (κ1) is 18.9. The summed E-state index contributed by atoms with van der Waals surface area (Å²) >= 11 is 0. The largest absolute Gasteiger partial charge is 0.489 e. The second-order valence-corrected chi connectivity index (χ2v) is 7.57. The highest BCUT2D eigenvalue weighted by Crippen LogP contribution is 2.32. The topological polar surface area (TPSA) is 105 Å². The molecule has 2 aromatic heterocycles. The number of ether oxygens (including phenoxy) is 2. The molecule has 4 aromatic rings. The van der Waals surface area contributed by atoms with Gasteiger partial charge in [0.05, 0.1) is 6.54 Å². The second kappa shape index (κ2) is 7.28. The highest BCUT2D eigenvalue weighted by molar-refractivity contribution is 5.67. The van der Waals surface area contributed by atoms with Gasteiger partial charge in [-0.05, 0) is 36.1 Å². The summed E-state index contributed by atoms with van der Waals surface area (Å²) in [5.74, 6) is 1.16. The van der Waals surface area contributed by atoms with E-state index in [2.05, 4.69) is 10.1 Å². The smallest absolute Gasteiger partial charge is 0.415 e. The van der Waals surface area contributed by atoms with Gasteiger partial charge in [-0.2, -0.15) is 0 Å². The molecular weight excluding hydrogens is 400 g/mol. The SMILES string of the molecule is C[C@]1(COc2ccc(-c3cc(-c4ccccc4)on3)cc2)Cn2cc([N+](=O)[O-])nc2O1. The van der Waals surface area contributed by atoms with Crippen molar-refractivity contribution in [2.45, 2.75) is 19.1 Å². The third-order valence-corrected chi connectivity index (χ3v) is 5.02. The summed E-state index contributed by atoms with van der Waals surface area (Å²) in [6, 6.07) is 19.5. The molecule has 1 atom stereocenters. The summed E-state index contributed by atoms with van der Waals surface area (Å²) in [6.45, 7) is 2.57. The van der Waals surface area contributed by atoms with Crippen molar-refractivity contribution in [3.63, 3.8) is 0 Å². The van der Waals surface area contributed by atoms with Crippen LogP contribution in [-0.2, 0) is 6.54 Å². The fourth-order valence-electron chi connectivity index (χ4n) is 3.46. The Hall–Kier alpha value is -4.14. The number of aromatic nitrogens is 3. The standard InChI is InChI=1S/C22H18N4O5/c1-22(13-25-12-20(26(27)28)23-21(25)30-22)14-29-17-9-7-15(8-10-17)18-11-19(31-24-18)16-5-3-2-4-6-16/h2-12H,13-14H2,1H3/t22-/m1/s1. The Morgan fingerprint density at radius 1 is 1.16 bits per heavy atom. The van der Waals surface area contributed by atoms with Crippen LogP contribution in [0.5, 0.6) is 11.8 Å². The van der Waals surface area contributed by atoms with E-state index in [4.69, 9.17) is 14.0 Å². The van der Waals surface area contributed by atoms with Gasteiger partial charge in [0.1, 0.15) is 24.2 Å². The molecule has 0 amide bonds. The summed E-state index contributed by atoms with van der Waals surface area (Å²) in [5.41, 5.74) is 1.96. The number of hydrogen-bond acceptors (Lipinski definition) is 7. The first-order chi connectivity index (χ1) is 15.0. The Labute approximate surface area is 177 Å². The zero-order valence-electron chi connectivity index (χ0n) is 16.6. The Balaban J connectivity index is 1.23. The lowest BCUT2D eigenvalue weighted by molar-refractivity contribution is -0.389. The molecule has 1 aliphatic heterocycles. The molecule has 0 saturated heterocycles. The summed E-state index contributed by atoms with van der Waals surface area (Å²) in [7, 11) is 0. The molecule has 3 heterocycles. The van der Waals surface area contributed by atoms with Gasteiger partial charge in [-0.25, -0.2) is 0 Å². The Morgan fingerprint density at radius 2 is 1.94 bits per heavy atom. The molecule has 2 aromatic carbocycles. The molecule has 0 saturated carbocycles. The summed E-state index contributed by atoms with van der Waals surface area (Å²) in [5, 5.41) is 15.0. The fraction of sp³-hybridized carbons (Fsp3) is 0.182. The molecule has 0 bridgehead atoms. The first-order valence-electron chi connectivity index (χ1n) is 9.65. The van der Waals surface area contributed by atoms with Crippen LogP contribution in [0.15, 0.2) is 71.4 Å². The number of hydrogen-bond donors (Lipinski definition) is 0. The minimum Gasteiger partial charge on any atom is -0.489 e. The van der Waals surface area contributed by atoms with Crippen molar-refractivity contribution in [1.29, 1.82) is 0 Å². The zero-order valence-corrected chi connectivity index (χ0v) is 16.6. The number of benzene rings is 2. The second-order valence-electron chi connectivity index (χ2n) is 7.57. The average molecular weight is 418 g/mol. The van der Waals surface area contributed by atoms with Gasteiger partial charge in [-0.3, -0.25) is 4.57 Å². The fourth-order valence-corrected chi connectivity index (χ4v) is 3.46. The Kier molecular flexibility index (Phi) is 4.43. The lowest BCUT2D eigenvalue weighted by atomic mass is 10.1. The molecule has 1 aliphatic rings. The number of nitrogens with zero attached hydrogens (tertiary/aromatic N) is 4. The average Bonchev–Trinajstić information content (AvgIpc) is 3.47. The van der Waals surface area contributed by atoms with Crippen LogP contribution in [-0.4, -0.2) is 31.8 Å². The predicted molar refractivity (Wildman–Crippen MR) is 111 cm³/mol. The van der Waals surface area contributed by atoms with Crippen LogP contribution < -0.4 is 9.47 Å². The normalized spacial score (nSPS) is 17.2. The van der Waals surface area contributed by atoms with E-state index in [9.17, 15) is 10.1 Å². The van der Waals surface area contributed by atoms with Gasteiger partial charge in [0, 0.05) is 22.2 Å². The highest BCUT2D eigenvalue weighted by atomic mass is 16.6. The molecule has 156 valence electrons. The number of imidazole rings is 1. The van der Waals surface area contributed by atoms with Crippen LogP contribution >= 0.6 is 0 Å². The molecular formula is C22H18N4O5. The molecule has 0 fully saturated rings. The Morgan fingerprint density at radius 3 is 2.65 bits per heavy atom. The molecule has 0 unspecified atom stereocenters. The number of fused-ring (bicyclic) bond motifs is 1. The molecule has 0 spiro atoms. The van der Waals surface area contributed by atoms with Gasteiger partial charge in [0.2, 0.25) is 0 Å². The molecule has 0 aliphatic carbocycles. The number of nitro groups is 1. The Bertz CT molecular complexity index is 1210. The van der Waals surface area contributed by atoms with Gasteiger partial charge in [0.15, 0.2) is 11.4 Å². The summed E-state index contributed by atoms with van der Waals surface area (Å²) in [6.07, 6.45) is 1.37. The number of rotatable bonds is 6. The van der Waals surface area contributed by atoms with Crippen molar-refractivity contribution in [2.24, 2.45) is 0 Å². The van der Waals surface area contributed by atoms with Crippen molar-refractivity contribution in [2.75, 3.05) is 6.61 Å². The van der Waals surface area contributed by atoms with Crippen LogP contribution in [0.25, 0.3) is 22.6 Å². The van der Waals surface area contributed by atoms with Crippen molar-refractivity contribution in [1.82, 2.24) is 14.7 Å². The molecule has 0 N–H and O–H groups in total. The van der Waals surface area contributed by atoms with Crippen LogP contribution in [0.1, 0.15) is 6.92 Å². The summed E-state index contributed by atoms with van der Waals surface area (Å²) in [4.78, 5) is 14.2. The van der Waals surface area contributed by atoms with Crippen molar-refractivity contribution >= 4 is 5.82 Å². The first-order valence-corrected chi connectivity index (χ1v) is 9.65. The van der Waals surface area contributed by atoms with Crippen LogP contribution in [0, 0.1) is 10.1 Å². The predicted octanol–water partition coefficient (Wildman–Crippen LogP) is 4.34. The molecule has 9 heteroatoms. The maximum Gasteiger partial charge on any atom is 0.415 e. The van der Waals surface area contributed by atoms with E-state index in [1.165, 1.54) is 6.20 Å². The van der Waals surface area contributed by atoms with E-state index in [0.717, 1.165) is 16.8 Å². The quantitative estimate of drug-likeness (QED) is 0.339. The van der Waals surface area contributed by atoms with Crippen LogP contribution in [0.4, 0.5) is 5.82 Å². The van der Waals surface area contributed by atoms with Crippen molar-refractivity contribution < 1.29 is 18.9 Å². The monoisotopic (exact) mass is 418 g/mol. The van der Waals surface area contributed by atoms with Crippen molar-refractivity contribution in [3.05, 3.63) is 77.0 Å². The van der Waals surface area contributed by atoms with Crippen LogP contribution in [0.3, 0.4) is 0 Å². The molecule has 5 rings (SSSR count). The van der Waals surface area contributed by atoms with Gasteiger partial charge < -0.3 is 24.1 Å². The molecule has 31 heavy (non-hydrogen) atoms. The lowest BCUT2D eigenvalue weighted by Crippen LogP contribution is -2.38. The lowest BCUT2D eigenvalue weighted by Gasteiger charge is -2.22. The summed E-state index contributed by atoms with van der Waals surface area (Å²) < 4.78 is 18.8. The van der Waals surface area contributed by atoms with Gasteiger partial charge in [-0.1, -0.05) is 35.5 Å². The van der Waals surface area contributed by atoms with E-state index < -0.39 is 10.5 Å².